The van der Waals surface area contributed by atoms with E-state index in [1.54, 1.807) is 6.20 Å². The van der Waals surface area contributed by atoms with Gasteiger partial charge in [0.25, 0.3) is 0 Å². The fraction of sp³-hybridized carbons (Fsp3) is 0.538. The van der Waals surface area contributed by atoms with Gasteiger partial charge < -0.3 is 4.74 Å². The molecule has 1 atom stereocenters. The summed E-state index contributed by atoms with van der Waals surface area (Å²) in [5.41, 5.74) is 2.17. The molecule has 0 radical (unpaired) electrons. The van der Waals surface area contributed by atoms with Crippen molar-refractivity contribution in [1.29, 1.82) is 0 Å². The monoisotopic (exact) mass is 248 g/mol. The van der Waals surface area contributed by atoms with Gasteiger partial charge in [-0.2, -0.15) is 10.2 Å². The van der Waals surface area contributed by atoms with E-state index < -0.39 is 0 Å². The number of aromatic amines is 1. The maximum absolute atomic E-state index is 5.58. The first-order valence-corrected chi connectivity index (χ1v) is 6.35. The molecule has 5 nitrogen and oxygen atoms in total. The fourth-order valence-electron chi connectivity index (χ4n) is 1.85. The first-order valence-electron chi connectivity index (χ1n) is 6.35. The van der Waals surface area contributed by atoms with E-state index >= 15 is 0 Å². The number of aromatic nitrogens is 4. The quantitative estimate of drug-likeness (QED) is 0.844. The highest BCUT2D eigenvalue weighted by Gasteiger charge is 2.15. The minimum atomic E-state index is 0.187. The molecule has 5 heteroatoms. The van der Waals surface area contributed by atoms with Crippen LogP contribution in [0.4, 0.5) is 0 Å². The van der Waals surface area contributed by atoms with Crippen LogP contribution in [0.15, 0.2) is 24.5 Å². The Morgan fingerprint density at radius 2 is 2.22 bits per heavy atom. The van der Waals surface area contributed by atoms with Crippen molar-refractivity contribution in [3.63, 3.8) is 0 Å². The van der Waals surface area contributed by atoms with Crippen LogP contribution in [0.3, 0.4) is 0 Å². The second-order valence-electron chi connectivity index (χ2n) is 4.50. The van der Waals surface area contributed by atoms with Crippen LogP contribution < -0.4 is 0 Å². The highest BCUT2D eigenvalue weighted by Crippen LogP contribution is 2.21. The first-order chi connectivity index (χ1) is 8.75. The van der Waals surface area contributed by atoms with Crippen LogP contribution in [-0.4, -0.2) is 26.6 Å². The number of nitrogens with one attached hydrogen (secondary N) is 1. The van der Waals surface area contributed by atoms with Crippen LogP contribution in [-0.2, 0) is 4.74 Å². The lowest BCUT2D eigenvalue weighted by atomic mass is 10.2. The van der Waals surface area contributed by atoms with Gasteiger partial charge in [0.1, 0.15) is 6.23 Å². The minimum absolute atomic E-state index is 0.187. The predicted molar refractivity (Wildman–Crippen MR) is 69.1 cm³/mol. The highest BCUT2D eigenvalue weighted by atomic mass is 16.5. The zero-order valence-electron chi connectivity index (χ0n) is 11.0. The first kappa shape index (κ1) is 12.8. The van der Waals surface area contributed by atoms with Gasteiger partial charge in [0.2, 0.25) is 0 Å². The number of H-pyrrole nitrogens is 1. The van der Waals surface area contributed by atoms with Gasteiger partial charge >= 0.3 is 0 Å². The number of hydrogen-bond donors (Lipinski definition) is 1. The van der Waals surface area contributed by atoms with Crippen LogP contribution in [0.2, 0.25) is 0 Å². The van der Waals surface area contributed by atoms with Crippen molar-refractivity contribution >= 4 is 0 Å². The normalized spacial score (nSPS) is 19.1. The van der Waals surface area contributed by atoms with Crippen molar-refractivity contribution in [3.05, 3.63) is 35.9 Å². The average molecular weight is 248 g/mol. The van der Waals surface area contributed by atoms with E-state index in [2.05, 4.69) is 15.3 Å². The Morgan fingerprint density at radius 1 is 1.33 bits per heavy atom. The van der Waals surface area contributed by atoms with Crippen LogP contribution >= 0.6 is 0 Å². The van der Waals surface area contributed by atoms with E-state index in [-0.39, 0.29) is 6.23 Å². The number of aryl methyl sites for hydroxylation is 2. The van der Waals surface area contributed by atoms with Crippen molar-refractivity contribution in [2.24, 2.45) is 0 Å². The number of ether oxygens (including phenoxy) is 1. The molecular formula is C13H20N4O. The van der Waals surface area contributed by atoms with Gasteiger partial charge in [0.05, 0.1) is 5.69 Å². The molecule has 1 aliphatic rings. The molecule has 0 spiro atoms. The molecule has 0 aromatic carbocycles. The number of nitrogens with zero attached hydrogens (tertiary/aromatic N) is 3. The molecule has 2 aromatic heterocycles. The molecule has 1 N–H and O–H groups in total. The summed E-state index contributed by atoms with van der Waals surface area (Å²) in [7, 11) is 0. The molecule has 1 aliphatic heterocycles. The number of hydrogen-bond acceptors (Lipinski definition) is 3. The van der Waals surface area contributed by atoms with Gasteiger partial charge in [-0.1, -0.05) is 0 Å². The second kappa shape index (κ2) is 6.35. The molecule has 18 heavy (non-hydrogen) atoms. The third-order valence-corrected chi connectivity index (χ3v) is 2.83. The van der Waals surface area contributed by atoms with Gasteiger partial charge in [0, 0.05) is 24.7 Å². The minimum Gasteiger partial charge on any atom is -0.357 e. The topological polar surface area (TPSA) is 55.7 Å². The molecule has 98 valence electrons. The van der Waals surface area contributed by atoms with Gasteiger partial charge in [0.15, 0.2) is 0 Å². The molecule has 1 saturated heterocycles. The molecule has 0 amide bonds. The van der Waals surface area contributed by atoms with E-state index in [0.29, 0.717) is 0 Å². The van der Waals surface area contributed by atoms with Gasteiger partial charge in [-0.05, 0) is 45.2 Å². The summed E-state index contributed by atoms with van der Waals surface area (Å²) in [6, 6.07) is 3.93. The Labute approximate surface area is 107 Å². The molecular weight excluding hydrogens is 228 g/mol. The van der Waals surface area contributed by atoms with Crippen molar-refractivity contribution in [2.75, 3.05) is 6.61 Å². The summed E-state index contributed by atoms with van der Waals surface area (Å²) in [5.74, 6) is 0. The van der Waals surface area contributed by atoms with Crippen LogP contribution in [0.1, 0.15) is 36.9 Å². The molecule has 0 bridgehead atoms. The summed E-state index contributed by atoms with van der Waals surface area (Å²) in [6.45, 7) is 4.84. The number of rotatable bonds is 1. The van der Waals surface area contributed by atoms with Gasteiger partial charge in [-0.25, -0.2) is 4.68 Å². The van der Waals surface area contributed by atoms with E-state index in [4.69, 9.17) is 4.74 Å². The summed E-state index contributed by atoms with van der Waals surface area (Å²) in [5, 5.41) is 10.8. The Balaban J connectivity index is 0.000000169. The summed E-state index contributed by atoms with van der Waals surface area (Å²) >= 11 is 0. The average Bonchev–Trinajstić information content (AvgIpc) is 3.03. The molecule has 1 unspecified atom stereocenters. The predicted octanol–water partition coefficient (Wildman–Crippen LogP) is 2.61. The third kappa shape index (κ3) is 3.70. The Hall–Kier alpha value is -1.62. The zero-order valence-corrected chi connectivity index (χ0v) is 11.0. The maximum atomic E-state index is 5.58. The Morgan fingerprint density at radius 3 is 2.67 bits per heavy atom. The Bertz CT molecular complexity index is 443. The van der Waals surface area contributed by atoms with Crippen molar-refractivity contribution in [3.8, 4) is 0 Å². The Kier molecular flexibility index (Phi) is 4.52. The smallest absolute Gasteiger partial charge is 0.150 e. The summed E-state index contributed by atoms with van der Waals surface area (Å²) < 4.78 is 7.50. The van der Waals surface area contributed by atoms with Crippen molar-refractivity contribution in [1.82, 2.24) is 20.0 Å². The third-order valence-electron chi connectivity index (χ3n) is 2.83. The van der Waals surface area contributed by atoms with Gasteiger partial charge in [-0.15, -0.1) is 0 Å². The molecule has 3 rings (SSSR count). The van der Waals surface area contributed by atoms with E-state index in [1.165, 1.54) is 12.8 Å². The van der Waals surface area contributed by atoms with Crippen molar-refractivity contribution < 1.29 is 4.74 Å². The van der Waals surface area contributed by atoms with E-state index in [1.807, 2.05) is 36.9 Å². The molecule has 0 saturated carbocycles. The van der Waals surface area contributed by atoms with Crippen LogP contribution in [0.25, 0.3) is 0 Å². The van der Waals surface area contributed by atoms with E-state index in [9.17, 15) is 0 Å². The van der Waals surface area contributed by atoms with Gasteiger partial charge in [-0.3, -0.25) is 5.10 Å². The fourth-order valence-corrected chi connectivity index (χ4v) is 1.85. The standard InChI is InChI=1S/C9H14N2O.C4H6N2/c1-8-5-6-11(10-8)9-4-2-3-7-12-9;1-4-2-3-5-6-4/h5-6,9H,2-4,7H2,1H3;2-3H,1H3,(H,5,6). The summed E-state index contributed by atoms with van der Waals surface area (Å²) in [6.07, 6.45) is 7.45. The molecule has 2 aromatic rings. The second-order valence-corrected chi connectivity index (χ2v) is 4.50. The lowest BCUT2D eigenvalue weighted by Crippen LogP contribution is -2.18. The zero-order chi connectivity index (χ0) is 12.8. The SMILES string of the molecule is Cc1ccn(C2CCCCO2)n1.Cc1ccn[nH]1. The summed E-state index contributed by atoms with van der Waals surface area (Å²) in [4.78, 5) is 0. The maximum Gasteiger partial charge on any atom is 0.150 e. The highest BCUT2D eigenvalue weighted by molar-refractivity contribution is 4.95. The van der Waals surface area contributed by atoms with Crippen LogP contribution in [0.5, 0.6) is 0 Å². The molecule has 1 fully saturated rings. The van der Waals surface area contributed by atoms with Crippen LogP contribution in [0, 0.1) is 13.8 Å². The van der Waals surface area contributed by atoms with Crippen molar-refractivity contribution in [2.45, 2.75) is 39.3 Å². The van der Waals surface area contributed by atoms with E-state index in [0.717, 1.165) is 24.4 Å². The molecule has 0 aliphatic carbocycles. The molecule has 3 heterocycles. The largest absolute Gasteiger partial charge is 0.357 e. The lowest BCUT2D eigenvalue weighted by Gasteiger charge is -2.22. The lowest BCUT2D eigenvalue weighted by molar-refractivity contribution is -0.0396.